The zero-order valence-corrected chi connectivity index (χ0v) is 16.9. The van der Waals surface area contributed by atoms with Crippen LogP contribution in [-0.2, 0) is 28.4 Å². The SMILES string of the molecule is CC(F)(F)c1ccc(CC(=O)[C@H](F)C(=O)Cc2ccc(Oc3ccccc3)cc2)cc1. The predicted molar refractivity (Wildman–Crippen MR) is 111 cm³/mol. The number of carbonyl (C=O) groups is 2. The number of hydrogen-bond acceptors (Lipinski definition) is 3. The number of halogens is 3. The van der Waals surface area contributed by atoms with Crippen molar-refractivity contribution in [1.82, 2.24) is 0 Å². The van der Waals surface area contributed by atoms with Crippen molar-refractivity contribution in [2.75, 3.05) is 0 Å². The van der Waals surface area contributed by atoms with Crippen LogP contribution in [0.2, 0.25) is 0 Å². The van der Waals surface area contributed by atoms with Gasteiger partial charge in [0.2, 0.25) is 6.17 Å². The Bertz CT molecular complexity index is 1020. The van der Waals surface area contributed by atoms with Crippen LogP contribution < -0.4 is 4.74 Å². The Kier molecular flexibility index (Phi) is 6.90. The Morgan fingerprint density at radius 1 is 0.774 bits per heavy atom. The molecule has 0 amide bonds. The molecular formula is C25H21F3O3. The normalized spacial score (nSPS) is 12.3. The largest absolute Gasteiger partial charge is 0.457 e. The Hall–Kier alpha value is -3.41. The van der Waals surface area contributed by atoms with Gasteiger partial charge in [0, 0.05) is 25.3 Å². The van der Waals surface area contributed by atoms with Crippen LogP contribution in [0, 0.1) is 0 Å². The van der Waals surface area contributed by atoms with E-state index in [1.54, 1.807) is 36.4 Å². The number of ether oxygens (including phenoxy) is 1. The van der Waals surface area contributed by atoms with Gasteiger partial charge in [0.25, 0.3) is 5.92 Å². The summed E-state index contributed by atoms with van der Waals surface area (Å²) in [6.07, 6.45) is -2.85. The average molecular weight is 426 g/mol. The highest BCUT2D eigenvalue weighted by Gasteiger charge is 2.27. The molecule has 0 bridgehead atoms. The summed E-state index contributed by atoms with van der Waals surface area (Å²) in [7, 11) is 0. The van der Waals surface area contributed by atoms with Crippen molar-refractivity contribution in [2.24, 2.45) is 0 Å². The molecule has 3 aromatic rings. The van der Waals surface area contributed by atoms with Crippen LogP contribution in [0.4, 0.5) is 13.2 Å². The first kappa shape index (κ1) is 22.3. The molecule has 31 heavy (non-hydrogen) atoms. The maximum absolute atomic E-state index is 14.4. The summed E-state index contributed by atoms with van der Waals surface area (Å²) in [5.74, 6) is -3.51. The quantitative estimate of drug-likeness (QED) is 0.403. The van der Waals surface area contributed by atoms with Gasteiger partial charge in [-0.05, 0) is 35.4 Å². The molecule has 0 heterocycles. The Morgan fingerprint density at radius 2 is 1.23 bits per heavy atom. The third-order valence-corrected chi connectivity index (χ3v) is 4.69. The van der Waals surface area contributed by atoms with Crippen LogP contribution in [0.3, 0.4) is 0 Å². The number of para-hydroxylation sites is 1. The van der Waals surface area contributed by atoms with Gasteiger partial charge in [-0.3, -0.25) is 9.59 Å². The number of hydrogen-bond donors (Lipinski definition) is 0. The lowest BCUT2D eigenvalue weighted by Crippen LogP contribution is -2.28. The van der Waals surface area contributed by atoms with E-state index in [2.05, 4.69) is 0 Å². The Labute approximate surface area is 178 Å². The van der Waals surface area contributed by atoms with Crippen molar-refractivity contribution in [3.05, 3.63) is 95.6 Å². The van der Waals surface area contributed by atoms with Crippen LogP contribution in [0.25, 0.3) is 0 Å². The monoisotopic (exact) mass is 426 g/mol. The molecule has 0 unspecified atom stereocenters. The van der Waals surface area contributed by atoms with Gasteiger partial charge in [-0.1, -0.05) is 54.6 Å². The summed E-state index contributed by atoms with van der Waals surface area (Å²) in [6.45, 7) is 0.768. The summed E-state index contributed by atoms with van der Waals surface area (Å²) >= 11 is 0. The fourth-order valence-electron chi connectivity index (χ4n) is 2.98. The molecule has 0 saturated carbocycles. The lowest BCUT2D eigenvalue weighted by molar-refractivity contribution is -0.133. The maximum Gasteiger partial charge on any atom is 0.270 e. The van der Waals surface area contributed by atoms with Crippen LogP contribution in [-0.4, -0.2) is 17.7 Å². The van der Waals surface area contributed by atoms with E-state index < -0.39 is 23.7 Å². The number of ketones is 2. The highest BCUT2D eigenvalue weighted by molar-refractivity contribution is 6.06. The van der Waals surface area contributed by atoms with Crippen LogP contribution in [0.1, 0.15) is 23.6 Å². The molecule has 3 nitrogen and oxygen atoms in total. The average Bonchev–Trinajstić information content (AvgIpc) is 2.75. The van der Waals surface area contributed by atoms with E-state index in [0.29, 0.717) is 22.6 Å². The number of Topliss-reactive ketones (excluding diaryl/α,β-unsaturated/α-hetero) is 2. The molecule has 0 radical (unpaired) electrons. The number of rotatable bonds is 9. The summed E-state index contributed by atoms with van der Waals surface area (Å²) in [5, 5.41) is 0. The van der Waals surface area contributed by atoms with Gasteiger partial charge in [0.05, 0.1) is 0 Å². The van der Waals surface area contributed by atoms with E-state index >= 15 is 0 Å². The van der Waals surface area contributed by atoms with Crippen LogP contribution in [0.15, 0.2) is 78.9 Å². The van der Waals surface area contributed by atoms with Gasteiger partial charge in [-0.25, -0.2) is 13.2 Å². The standard InChI is InChI=1S/C25H21F3O3/c1-25(27,28)19-11-7-17(8-12-19)15-22(29)24(26)23(30)16-18-9-13-21(14-10-18)31-20-5-3-2-4-6-20/h2-14,24H,15-16H2,1H3/t24-/m0/s1. The van der Waals surface area contributed by atoms with Crippen molar-refractivity contribution in [1.29, 1.82) is 0 Å². The molecule has 0 N–H and O–H groups in total. The van der Waals surface area contributed by atoms with Gasteiger partial charge in [0.15, 0.2) is 11.6 Å². The van der Waals surface area contributed by atoms with E-state index in [1.807, 2.05) is 18.2 Å². The first-order chi connectivity index (χ1) is 14.7. The summed E-state index contributed by atoms with van der Waals surface area (Å²) in [5.41, 5.74) is 0.725. The van der Waals surface area contributed by atoms with E-state index in [4.69, 9.17) is 4.74 Å². The lowest BCUT2D eigenvalue weighted by atomic mass is 9.98. The highest BCUT2D eigenvalue weighted by atomic mass is 19.3. The Balaban J connectivity index is 1.55. The molecule has 3 rings (SSSR count). The topological polar surface area (TPSA) is 43.4 Å². The highest BCUT2D eigenvalue weighted by Crippen LogP contribution is 2.27. The van der Waals surface area contributed by atoms with Gasteiger partial charge in [-0.15, -0.1) is 0 Å². The van der Waals surface area contributed by atoms with Crippen molar-refractivity contribution in [3.63, 3.8) is 0 Å². The first-order valence-electron chi connectivity index (χ1n) is 9.71. The summed E-state index contributed by atoms with van der Waals surface area (Å²) < 4.78 is 46.5. The zero-order chi connectivity index (χ0) is 22.4. The van der Waals surface area contributed by atoms with Crippen LogP contribution >= 0.6 is 0 Å². The van der Waals surface area contributed by atoms with Gasteiger partial charge in [0.1, 0.15) is 11.5 Å². The third kappa shape index (κ3) is 6.28. The fraction of sp³-hybridized carbons (Fsp3) is 0.200. The fourth-order valence-corrected chi connectivity index (χ4v) is 2.98. The van der Waals surface area contributed by atoms with E-state index in [-0.39, 0.29) is 18.4 Å². The van der Waals surface area contributed by atoms with E-state index in [0.717, 1.165) is 6.92 Å². The van der Waals surface area contributed by atoms with E-state index in [9.17, 15) is 22.8 Å². The molecule has 0 aliphatic carbocycles. The molecule has 0 aliphatic rings. The number of alkyl halides is 3. The second-order valence-electron chi connectivity index (χ2n) is 7.29. The minimum absolute atomic E-state index is 0.198. The van der Waals surface area contributed by atoms with Gasteiger partial charge in [-0.2, -0.15) is 0 Å². The second-order valence-corrected chi connectivity index (χ2v) is 7.29. The molecule has 160 valence electrons. The van der Waals surface area contributed by atoms with E-state index in [1.165, 1.54) is 24.3 Å². The minimum atomic E-state index is -3.00. The molecule has 1 atom stereocenters. The molecule has 0 aromatic heterocycles. The molecule has 0 fully saturated rings. The van der Waals surface area contributed by atoms with Gasteiger partial charge >= 0.3 is 0 Å². The van der Waals surface area contributed by atoms with Crippen molar-refractivity contribution < 1.29 is 27.5 Å². The lowest BCUT2D eigenvalue weighted by Gasteiger charge is -2.11. The van der Waals surface area contributed by atoms with Crippen molar-refractivity contribution in [2.45, 2.75) is 31.9 Å². The zero-order valence-electron chi connectivity index (χ0n) is 16.9. The number of benzene rings is 3. The smallest absolute Gasteiger partial charge is 0.270 e. The third-order valence-electron chi connectivity index (χ3n) is 4.69. The minimum Gasteiger partial charge on any atom is -0.457 e. The molecule has 6 heteroatoms. The molecule has 0 spiro atoms. The molecule has 0 saturated heterocycles. The summed E-state index contributed by atoms with van der Waals surface area (Å²) in [4.78, 5) is 24.3. The molecule has 0 aliphatic heterocycles. The summed E-state index contributed by atoms with van der Waals surface area (Å²) in [6, 6.07) is 20.8. The Morgan fingerprint density at radius 3 is 1.71 bits per heavy atom. The number of carbonyl (C=O) groups excluding carboxylic acids is 2. The molecular weight excluding hydrogens is 405 g/mol. The molecule has 3 aromatic carbocycles. The van der Waals surface area contributed by atoms with Gasteiger partial charge < -0.3 is 4.74 Å². The predicted octanol–water partition coefficient (Wildman–Crippen LogP) is 5.85. The van der Waals surface area contributed by atoms with Crippen molar-refractivity contribution >= 4 is 11.6 Å². The first-order valence-corrected chi connectivity index (χ1v) is 9.71. The van der Waals surface area contributed by atoms with Crippen LogP contribution in [0.5, 0.6) is 11.5 Å². The van der Waals surface area contributed by atoms with Crippen molar-refractivity contribution in [3.8, 4) is 11.5 Å². The maximum atomic E-state index is 14.4. The second kappa shape index (κ2) is 9.60.